The molecule has 2 aliphatic heterocycles. The molecule has 5 atom stereocenters. The number of thiazole rings is 1. The van der Waals surface area contributed by atoms with Crippen molar-refractivity contribution >= 4 is 113 Å². The molecule has 5 heterocycles. The van der Waals surface area contributed by atoms with Crippen LogP contribution in [-0.4, -0.2) is 175 Å². The topological polar surface area (TPSA) is 429 Å². The number of amides is 8. The number of hydrogen-bond acceptors (Lipinski definition) is 20. The number of nitrogens with two attached hydrogens (primary N) is 1. The fourth-order valence-corrected chi connectivity index (χ4v) is 19.5. The number of urea groups is 1. The van der Waals surface area contributed by atoms with E-state index in [1.165, 1.54) is 16.2 Å². The van der Waals surface area contributed by atoms with Crippen LogP contribution < -0.4 is 31.9 Å². The standard InChI is InChI=1S/C79H96N12O18S2/c1-48(2)67(86-70(99)53(40-111(105,106)107)35-55(92)15-7-6-10-30-90-64(94)25-26-65(90)95)61(93)36-52(14-12-29-81-73(80)103)69(98)83-54-21-19-50(20-22-54)39-108-75(104)88(32-28-66(96)97)33-34-109-79-44-76(4)41-77(5,45-79)43-78(42-76,46-79)47-91-49(3)58(37-82-91)56-23-24-63(85-68(56)72(101)102)89-31-27-51-13-11-16-57(59(51)38-89)71(100)87-74-84-60-17-8-9-18-62(60)110-74/h8-9,11,13,16-26,37,48,52-53,67H,6-7,10,12,14-15,27-36,38-47H2,1-5H3,(H,83,98)(H,86,99)(H,96,97)(H,101,102)(H3,80,81,103)(H,84,87,100)(H,105,106,107)/t52-,53+,67+,76?,77?,78?,79?/m1/s1. The first kappa shape index (κ1) is 81.7. The summed E-state index contributed by atoms with van der Waals surface area (Å²) in [7, 11) is -4.80. The van der Waals surface area contributed by atoms with Crippen LogP contribution in [0.4, 0.5) is 26.2 Å². The number of aromatic nitrogens is 4. The van der Waals surface area contributed by atoms with E-state index in [0.717, 1.165) is 76.2 Å². The summed E-state index contributed by atoms with van der Waals surface area (Å²) in [6.45, 7) is 11.1. The lowest BCUT2D eigenvalue weighted by Crippen LogP contribution is -2.64. The highest BCUT2D eigenvalue weighted by atomic mass is 32.2. The molecule has 9 N–H and O–H groups in total. The van der Waals surface area contributed by atoms with Crippen LogP contribution in [0.15, 0.2) is 97.2 Å². The molecule has 32 heteroatoms. The second kappa shape index (κ2) is 34.5. The van der Waals surface area contributed by atoms with Crippen molar-refractivity contribution in [3.05, 3.63) is 131 Å². The molecule has 3 aromatic carbocycles. The number of nitrogens with zero attached hydrogens (tertiary/aromatic N) is 7. The zero-order valence-electron chi connectivity index (χ0n) is 62.9. The minimum Gasteiger partial charge on any atom is -0.481 e. The van der Waals surface area contributed by atoms with Crippen molar-refractivity contribution in [2.45, 2.75) is 169 Å². The maximum Gasteiger partial charge on any atom is 0.410 e. The Balaban J connectivity index is 0.690. The highest BCUT2D eigenvalue weighted by Crippen LogP contribution is 2.72. The highest BCUT2D eigenvalue weighted by molar-refractivity contribution is 7.85. The molecule has 592 valence electrons. The number of unbranched alkanes of at least 4 members (excludes halogenated alkanes) is 2. The number of carboxylic acid groups (broad SMARTS) is 2. The van der Waals surface area contributed by atoms with E-state index in [1.54, 1.807) is 56.4 Å². The average Bonchev–Trinajstić information content (AvgIpc) is 0.809. The summed E-state index contributed by atoms with van der Waals surface area (Å²) >= 11 is 1.40. The average molecular weight is 1570 g/mol. The number of imide groups is 1. The number of carbonyl (C=O) groups is 11. The second-order valence-corrected chi connectivity index (χ2v) is 34.0. The Morgan fingerprint density at radius 2 is 1.50 bits per heavy atom. The van der Waals surface area contributed by atoms with Crippen LogP contribution >= 0.6 is 11.3 Å². The van der Waals surface area contributed by atoms with E-state index in [1.807, 2.05) is 59.0 Å². The Morgan fingerprint density at radius 3 is 2.19 bits per heavy atom. The number of aromatic carboxylic acids is 1. The van der Waals surface area contributed by atoms with Gasteiger partial charge in [-0.3, -0.25) is 57.8 Å². The maximum absolute atomic E-state index is 14.2. The number of anilines is 3. The Hall–Kier alpha value is -10.3. The lowest BCUT2D eigenvalue weighted by atomic mass is 9.39. The van der Waals surface area contributed by atoms with Gasteiger partial charge < -0.3 is 51.2 Å². The van der Waals surface area contributed by atoms with Crippen LogP contribution in [0.3, 0.4) is 0 Å². The van der Waals surface area contributed by atoms with Gasteiger partial charge in [-0.25, -0.2) is 24.4 Å². The number of ether oxygens (including phenoxy) is 2. The number of carboxylic acids is 2. The monoisotopic (exact) mass is 1560 g/mol. The molecule has 30 nitrogen and oxygen atoms in total. The molecule has 0 saturated heterocycles. The molecule has 2 unspecified atom stereocenters. The van der Waals surface area contributed by atoms with Gasteiger partial charge in [-0.05, 0) is 159 Å². The summed E-state index contributed by atoms with van der Waals surface area (Å²) in [5.41, 5.74) is 9.87. The molecular formula is C79H96N12O18S2. The van der Waals surface area contributed by atoms with Crippen LogP contribution in [-0.2, 0) is 79.3 Å². The molecule has 8 amide bonds. The summed E-state index contributed by atoms with van der Waals surface area (Å²) < 4.78 is 49.8. The number of primary amides is 1. The van der Waals surface area contributed by atoms with Crippen molar-refractivity contribution in [2.24, 2.45) is 39.7 Å². The number of rotatable bonds is 38. The molecule has 4 bridgehead atoms. The number of Topliss-reactive ketones (excluding diaryl/α,β-unsaturated/α-hetero) is 2. The van der Waals surface area contributed by atoms with Gasteiger partial charge in [-0.15, -0.1) is 0 Å². The number of aliphatic carboxylic acids is 1. The first-order chi connectivity index (χ1) is 52.7. The van der Waals surface area contributed by atoms with Gasteiger partial charge in [0.25, 0.3) is 27.8 Å². The van der Waals surface area contributed by atoms with Crippen molar-refractivity contribution in [1.82, 2.24) is 40.2 Å². The zero-order chi connectivity index (χ0) is 79.7. The molecular weight excluding hydrogens is 1470 g/mol. The van der Waals surface area contributed by atoms with E-state index in [2.05, 4.69) is 40.1 Å². The Kier molecular flexibility index (Phi) is 25.4. The first-order valence-corrected chi connectivity index (χ1v) is 39.9. The van der Waals surface area contributed by atoms with Crippen molar-refractivity contribution in [2.75, 3.05) is 60.6 Å². The molecule has 4 saturated carbocycles. The van der Waals surface area contributed by atoms with Gasteiger partial charge in [-0.2, -0.15) is 13.5 Å². The molecule has 6 aliphatic rings. The summed E-state index contributed by atoms with van der Waals surface area (Å²) in [6, 6.07) is 21.2. The van der Waals surface area contributed by atoms with Crippen molar-refractivity contribution < 1.29 is 85.4 Å². The van der Waals surface area contributed by atoms with Crippen LogP contribution in [0.5, 0.6) is 0 Å². The van der Waals surface area contributed by atoms with E-state index in [0.29, 0.717) is 90.6 Å². The summed E-state index contributed by atoms with van der Waals surface area (Å²) in [5.74, 6) is -10.1. The molecule has 4 fully saturated rings. The SMILES string of the molecule is Cc1c(-c2ccc(N3CCc4cccc(C(=O)Nc5nc6ccccc6s5)c4C3)nc2C(=O)O)cnn1CC12CC3(C)CC(C)(C1)CC(OCCN(CCC(=O)O)C(=O)OCc1ccc(NC(=O)[C@H](CCCNC(N)=O)CC(=O)[C@@H](NC(=O)[C@@H](CC(=O)CCCCCN4C(=O)C=CC4=O)CS(=O)(=O)O)C(C)C)cc1)(C3)C2. The third-order valence-corrected chi connectivity index (χ3v) is 23.6. The smallest absolute Gasteiger partial charge is 0.410 e. The summed E-state index contributed by atoms with van der Waals surface area (Å²) in [6.07, 6.45) is 8.83. The lowest BCUT2D eigenvalue weighted by molar-refractivity contribution is -0.248. The van der Waals surface area contributed by atoms with Crippen LogP contribution in [0.1, 0.15) is 167 Å². The third kappa shape index (κ3) is 20.6. The van der Waals surface area contributed by atoms with Gasteiger partial charge in [-0.1, -0.05) is 81.9 Å². The number of pyridine rings is 1. The van der Waals surface area contributed by atoms with Crippen molar-refractivity contribution in [3.8, 4) is 11.1 Å². The van der Waals surface area contributed by atoms with Crippen LogP contribution in [0.2, 0.25) is 0 Å². The van der Waals surface area contributed by atoms with E-state index in [-0.39, 0.29) is 92.9 Å². The zero-order valence-corrected chi connectivity index (χ0v) is 64.6. The maximum atomic E-state index is 14.2. The highest BCUT2D eigenvalue weighted by Gasteiger charge is 2.66. The normalized spacial score (nSPS) is 20.5. The number of ketones is 2. The molecule has 3 aromatic heterocycles. The van der Waals surface area contributed by atoms with Crippen molar-refractivity contribution in [1.29, 1.82) is 0 Å². The van der Waals surface area contributed by atoms with Gasteiger partial charge in [0.1, 0.15) is 18.2 Å². The van der Waals surface area contributed by atoms with Gasteiger partial charge >= 0.3 is 24.1 Å². The molecule has 6 aromatic rings. The quantitative estimate of drug-likeness (QED) is 0.0101. The van der Waals surface area contributed by atoms with Gasteiger partial charge in [0.05, 0.1) is 52.8 Å². The molecule has 4 aliphatic carbocycles. The Bertz CT molecular complexity index is 4660. The summed E-state index contributed by atoms with van der Waals surface area (Å²) in [4.78, 5) is 157. The number of hydrogen-bond donors (Lipinski definition) is 8. The number of benzene rings is 3. The van der Waals surface area contributed by atoms with Gasteiger partial charge in [0.2, 0.25) is 11.8 Å². The largest absolute Gasteiger partial charge is 0.481 e. The van der Waals surface area contributed by atoms with E-state index in [9.17, 15) is 75.9 Å². The van der Waals surface area contributed by atoms with E-state index in [4.69, 9.17) is 25.3 Å². The molecule has 0 radical (unpaired) electrons. The number of fused-ring (bicyclic) bond motifs is 2. The van der Waals surface area contributed by atoms with Crippen molar-refractivity contribution in [3.63, 3.8) is 0 Å². The lowest BCUT2D eigenvalue weighted by Gasteiger charge is -2.69. The van der Waals surface area contributed by atoms with E-state index < -0.39 is 117 Å². The van der Waals surface area contributed by atoms with Crippen LogP contribution in [0.25, 0.3) is 21.3 Å². The number of carbonyl (C=O) groups excluding carboxylic acids is 9. The molecule has 111 heavy (non-hydrogen) atoms. The minimum atomic E-state index is -4.80. The van der Waals surface area contributed by atoms with Gasteiger partial charge in [0, 0.05) is 111 Å². The number of para-hydroxylation sites is 1. The second-order valence-electron chi connectivity index (χ2n) is 31.5. The van der Waals surface area contributed by atoms with Crippen LogP contribution in [0, 0.1) is 40.9 Å². The molecule has 0 spiro atoms. The fourth-order valence-electron chi connectivity index (χ4n) is 17.9. The predicted octanol–water partition coefficient (Wildman–Crippen LogP) is 9.68. The summed E-state index contributed by atoms with van der Waals surface area (Å²) in [5, 5.41) is 36.8. The number of nitrogens with one attached hydrogen (secondary N) is 4. The van der Waals surface area contributed by atoms with Gasteiger partial charge in [0.15, 0.2) is 16.6 Å². The Labute approximate surface area is 646 Å². The predicted molar refractivity (Wildman–Crippen MR) is 411 cm³/mol. The molecule has 12 rings (SSSR count). The fraction of sp³-hybridized carbons (Fsp3) is 0.494. The third-order valence-electron chi connectivity index (χ3n) is 21.8. The minimum absolute atomic E-state index is 0.0220. The Morgan fingerprint density at radius 1 is 0.775 bits per heavy atom. The van der Waals surface area contributed by atoms with E-state index >= 15 is 0 Å². The first-order valence-electron chi connectivity index (χ1n) is 37.5.